The zero-order valence-electron chi connectivity index (χ0n) is 20.6. The molecular formula is C30H32N4OS. The van der Waals surface area contributed by atoms with E-state index in [0.717, 1.165) is 60.1 Å². The van der Waals surface area contributed by atoms with Gasteiger partial charge in [-0.05, 0) is 23.7 Å². The van der Waals surface area contributed by atoms with E-state index in [-0.39, 0.29) is 18.4 Å². The summed E-state index contributed by atoms with van der Waals surface area (Å²) in [6.45, 7) is 5.48. The maximum Gasteiger partial charge on any atom is 0.226 e. The number of amides is 1. The zero-order chi connectivity index (χ0) is 24.7. The molecular weight excluding hydrogens is 464 g/mol. The molecule has 5 nitrogen and oxygen atoms in total. The minimum Gasteiger partial charge on any atom is -0.345 e. The maximum absolute atomic E-state index is 13.0. The van der Waals surface area contributed by atoms with Crippen molar-refractivity contribution in [1.82, 2.24) is 20.1 Å². The minimum absolute atomic E-state index is 0.0351. The van der Waals surface area contributed by atoms with Crippen LogP contribution in [0.4, 0.5) is 0 Å². The predicted molar refractivity (Wildman–Crippen MR) is 147 cm³/mol. The molecule has 0 radical (unpaired) electrons. The number of hydrogen-bond acceptors (Lipinski definition) is 5. The quantitative estimate of drug-likeness (QED) is 0.373. The third kappa shape index (κ3) is 6.26. The van der Waals surface area contributed by atoms with E-state index in [1.807, 2.05) is 66.0 Å². The predicted octanol–water partition coefficient (Wildman–Crippen LogP) is 5.01. The topological polar surface area (TPSA) is 48.5 Å². The van der Waals surface area contributed by atoms with Gasteiger partial charge in [0.15, 0.2) is 0 Å². The number of rotatable bonds is 8. The molecule has 0 bridgehead atoms. The van der Waals surface area contributed by atoms with Crippen LogP contribution in [-0.4, -0.2) is 53.9 Å². The molecule has 1 amide bonds. The van der Waals surface area contributed by atoms with Crippen LogP contribution in [0.2, 0.25) is 0 Å². The average Bonchev–Trinajstić information content (AvgIpc) is 3.38. The number of piperazine rings is 1. The van der Waals surface area contributed by atoms with Crippen LogP contribution >= 0.6 is 11.3 Å². The number of carbonyl (C=O) groups excluding carboxylic acids is 1. The van der Waals surface area contributed by atoms with Crippen molar-refractivity contribution in [1.29, 1.82) is 0 Å². The van der Waals surface area contributed by atoms with E-state index in [4.69, 9.17) is 4.98 Å². The molecule has 0 saturated carbocycles. The number of likely N-dealkylation sites (N-methyl/N-ethyl adjacent to an activating group) is 1. The Balaban J connectivity index is 1.21. The molecule has 1 saturated heterocycles. The first-order chi connectivity index (χ1) is 17.6. The Morgan fingerprint density at radius 3 is 2.11 bits per heavy atom. The number of nitrogens with one attached hydrogen (secondary N) is 1. The molecule has 0 unspecified atom stereocenters. The van der Waals surface area contributed by atoms with Gasteiger partial charge in [0, 0.05) is 43.7 Å². The van der Waals surface area contributed by atoms with Gasteiger partial charge in [-0.15, -0.1) is 11.3 Å². The van der Waals surface area contributed by atoms with Gasteiger partial charge in [0.05, 0.1) is 18.2 Å². The van der Waals surface area contributed by atoms with Crippen LogP contribution in [-0.2, 0) is 17.8 Å². The molecule has 0 spiro atoms. The summed E-state index contributed by atoms with van der Waals surface area (Å²) in [5, 5.41) is 6.16. The molecule has 3 aromatic carbocycles. The van der Waals surface area contributed by atoms with Crippen molar-refractivity contribution in [3.63, 3.8) is 0 Å². The molecule has 4 aromatic rings. The number of carbonyl (C=O) groups is 1. The SMILES string of the molecule is CN1CCN(Cc2ccc(-c3nc(CC(=O)NC(c4ccccc4)c4ccccc4)cs3)cc2)CC1. The van der Waals surface area contributed by atoms with E-state index in [9.17, 15) is 4.79 Å². The highest BCUT2D eigenvalue weighted by Crippen LogP contribution is 2.26. The zero-order valence-corrected chi connectivity index (χ0v) is 21.5. The summed E-state index contributed by atoms with van der Waals surface area (Å²) in [7, 11) is 2.18. The van der Waals surface area contributed by atoms with Gasteiger partial charge in [-0.3, -0.25) is 9.69 Å². The molecule has 2 heterocycles. The van der Waals surface area contributed by atoms with Crippen molar-refractivity contribution in [2.45, 2.75) is 19.0 Å². The molecule has 0 aliphatic carbocycles. The maximum atomic E-state index is 13.0. The first-order valence-electron chi connectivity index (χ1n) is 12.5. The van der Waals surface area contributed by atoms with Gasteiger partial charge in [-0.1, -0.05) is 84.9 Å². The third-order valence-electron chi connectivity index (χ3n) is 6.67. The fourth-order valence-corrected chi connectivity index (χ4v) is 5.39. The van der Waals surface area contributed by atoms with Gasteiger partial charge >= 0.3 is 0 Å². The van der Waals surface area contributed by atoms with Gasteiger partial charge in [-0.25, -0.2) is 4.98 Å². The fourth-order valence-electron chi connectivity index (χ4n) is 4.56. The van der Waals surface area contributed by atoms with E-state index in [0.29, 0.717) is 0 Å². The summed E-state index contributed by atoms with van der Waals surface area (Å²) < 4.78 is 0. The second-order valence-corrected chi connectivity index (χ2v) is 10.3. The second kappa shape index (κ2) is 11.6. The number of hydrogen-bond donors (Lipinski definition) is 1. The molecule has 1 aliphatic rings. The van der Waals surface area contributed by atoms with E-state index in [1.54, 1.807) is 11.3 Å². The van der Waals surface area contributed by atoms with Crippen molar-refractivity contribution in [3.05, 3.63) is 113 Å². The highest BCUT2D eigenvalue weighted by molar-refractivity contribution is 7.13. The summed E-state index contributed by atoms with van der Waals surface area (Å²) in [5.74, 6) is -0.0351. The summed E-state index contributed by atoms with van der Waals surface area (Å²) in [4.78, 5) is 22.7. The van der Waals surface area contributed by atoms with Crippen LogP contribution in [0.25, 0.3) is 10.6 Å². The highest BCUT2D eigenvalue weighted by atomic mass is 32.1. The van der Waals surface area contributed by atoms with Crippen LogP contribution < -0.4 is 5.32 Å². The van der Waals surface area contributed by atoms with E-state index in [2.05, 4.69) is 46.4 Å². The van der Waals surface area contributed by atoms with E-state index in [1.165, 1.54) is 5.56 Å². The van der Waals surface area contributed by atoms with Crippen LogP contribution in [0.5, 0.6) is 0 Å². The number of thiazole rings is 1. The lowest BCUT2D eigenvalue weighted by Gasteiger charge is -2.32. The summed E-state index contributed by atoms with van der Waals surface area (Å²) in [5.41, 5.74) is 5.35. The summed E-state index contributed by atoms with van der Waals surface area (Å²) in [6, 6.07) is 28.7. The molecule has 184 valence electrons. The van der Waals surface area contributed by atoms with Crippen molar-refractivity contribution in [2.24, 2.45) is 0 Å². The Morgan fingerprint density at radius 1 is 0.889 bits per heavy atom. The Labute approximate surface area is 217 Å². The van der Waals surface area contributed by atoms with Gasteiger partial charge in [0.25, 0.3) is 0 Å². The first kappa shape index (κ1) is 24.4. The van der Waals surface area contributed by atoms with Gasteiger partial charge < -0.3 is 10.2 Å². The second-order valence-electron chi connectivity index (χ2n) is 9.42. The standard InChI is InChI=1S/C30H32N4OS/c1-33-16-18-34(19-17-33)21-23-12-14-26(15-13-23)30-31-27(22-36-30)20-28(35)32-29(24-8-4-2-5-9-24)25-10-6-3-7-11-25/h2-15,22,29H,16-21H2,1H3,(H,32,35). The van der Waals surface area contributed by atoms with Crippen molar-refractivity contribution >= 4 is 17.2 Å². The van der Waals surface area contributed by atoms with E-state index < -0.39 is 0 Å². The molecule has 5 rings (SSSR count). The van der Waals surface area contributed by atoms with Crippen LogP contribution in [0.1, 0.15) is 28.4 Å². The monoisotopic (exact) mass is 496 g/mol. The Morgan fingerprint density at radius 2 is 1.50 bits per heavy atom. The van der Waals surface area contributed by atoms with Crippen LogP contribution in [0.3, 0.4) is 0 Å². The van der Waals surface area contributed by atoms with Crippen molar-refractivity contribution < 1.29 is 4.79 Å². The smallest absolute Gasteiger partial charge is 0.226 e. The molecule has 1 fully saturated rings. The van der Waals surface area contributed by atoms with Gasteiger partial charge in [0.1, 0.15) is 5.01 Å². The Bertz CT molecular complexity index is 1210. The summed E-state index contributed by atoms with van der Waals surface area (Å²) >= 11 is 1.59. The molecule has 1 aliphatic heterocycles. The highest BCUT2D eigenvalue weighted by Gasteiger charge is 2.18. The van der Waals surface area contributed by atoms with Crippen molar-refractivity contribution in [3.8, 4) is 10.6 Å². The van der Waals surface area contributed by atoms with Gasteiger partial charge in [-0.2, -0.15) is 0 Å². The molecule has 36 heavy (non-hydrogen) atoms. The van der Waals surface area contributed by atoms with Crippen LogP contribution in [0.15, 0.2) is 90.3 Å². The molecule has 1 aromatic heterocycles. The average molecular weight is 497 g/mol. The lowest BCUT2D eigenvalue weighted by molar-refractivity contribution is -0.121. The van der Waals surface area contributed by atoms with E-state index >= 15 is 0 Å². The number of aromatic nitrogens is 1. The normalized spacial score (nSPS) is 14.7. The molecule has 6 heteroatoms. The molecule has 1 N–H and O–H groups in total. The molecule has 0 atom stereocenters. The summed E-state index contributed by atoms with van der Waals surface area (Å²) in [6.07, 6.45) is 0.258. The lowest BCUT2D eigenvalue weighted by Crippen LogP contribution is -2.43. The number of benzene rings is 3. The van der Waals surface area contributed by atoms with Crippen LogP contribution in [0, 0.1) is 0 Å². The fraction of sp³-hybridized carbons (Fsp3) is 0.267. The van der Waals surface area contributed by atoms with Crippen molar-refractivity contribution in [2.75, 3.05) is 33.2 Å². The van der Waals surface area contributed by atoms with Gasteiger partial charge in [0.2, 0.25) is 5.91 Å². The third-order valence-corrected chi connectivity index (χ3v) is 7.61. The Kier molecular flexibility index (Phi) is 7.86. The number of nitrogens with zero attached hydrogens (tertiary/aromatic N) is 3. The minimum atomic E-state index is -0.189. The lowest BCUT2D eigenvalue weighted by atomic mass is 9.98. The first-order valence-corrected chi connectivity index (χ1v) is 13.4. The Hall–Kier alpha value is -3.32. The largest absolute Gasteiger partial charge is 0.345 e.